The first kappa shape index (κ1) is 22.2. The summed E-state index contributed by atoms with van der Waals surface area (Å²) in [7, 11) is -3.82. The predicted molar refractivity (Wildman–Crippen MR) is 132 cm³/mol. The van der Waals surface area contributed by atoms with E-state index < -0.39 is 10.0 Å². The lowest BCUT2D eigenvalue weighted by molar-refractivity contribution is 0.0730. The number of hydrogen-bond acceptors (Lipinski definition) is 4. The lowest BCUT2D eigenvalue weighted by Gasteiger charge is -2.25. The molecule has 3 aromatic carbocycles. The standard InChI is InChI=1S/C26H26N4O3S/c1-2-30(20-11-4-3-5-12-20)34(32,33)21-13-8-10-19(18-21)26(31)29-17-9-16-24(29)25-27-22-14-6-7-15-23(22)28-25/h3-8,10-15,18,24H,2,9,16-17H2,1H3,(H,27,28)/t24-/m1/s1. The molecule has 1 aromatic heterocycles. The first-order valence-corrected chi connectivity index (χ1v) is 12.9. The molecule has 4 aromatic rings. The Balaban J connectivity index is 1.45. The van der Waals surface area contributed by atoms with Crippen LogP contribution < -0.4 is 4.31 Å². The zero-order valence-corrected chi connectivity index (χ0v) is 19.7. The molecule has 1 fully saturated rings. The Bertz CT molecular complexity index is 1400. The van der Waals surface area contributed by atoms with Crippen LogP contribution in [0.2, 0.25) is 0 Å². The Labute approximate surface area is 199 Å². The van der Waals surface area contributed by atoms with Crippen molar-refractivity contribution in [3.8, 4) is 0 Å². The highest BCUT2D eigenvalue weighted by molar-refractivity contribution is 7.92. The van der Waals surface area contributed by atoms with Crippen LogP contribution in [0.4, 0.5) is 5.69 Å². The molecule has 1 amide bonds. The number of imidazole rings is 1. The number of nitrogens with one attached hydrogen (secondary N) is 1. The number of sulfonamides is 1. The van der Waals surface area contributed by atoms with Gasteiger partial charge in [-0.2, -0.15) is 0 Å². The quantitative estimate of drug-likeness (QED) is 0.437. The molecule has 8 heteroatoms. The molecule has 7 nitrogen and oxygen atoms in total. The Morgan fingerprint density at radius 3 is 2.59 bits per heavy atom. The van der Waals surface area contributed by atoms with Crippen molar-refractivity contribution in [3.63, 3.8) is 0 Å². The second-order valence-corrected chi connectivity index (χ2v) is 10.2. The van der Waals surface area contributed by atoms with Crippen molar-refractivity contribution in [2.45, 2.75) is 30.7 Å². The molecule has 0 aliphatic carbocycles. The van der Waals surface area contributed by atoms with Gasteiger partial charge in [-0.05, 0) is 62.2 Å². The Morgan fingerprint density at radius 2 is 1.82 bits per heavy atom. The van der Waals surface area contributed by atoms with E-state index in [4.69, 9.17) is 4.98 Å². The normalized spacial score (nSPS) is 16.1. The number of aromatic amines is 1. The number of H-pyrrole nitrogens is 1. The monoisotopic (exact) mass is 474 g/mol. The summed E-state index contributed by atoms with van der Waals surface area (Å²) in [4.78, 5) is 23.4. The number of amides is 1. The largest absolute Gasteiger partial charge is 0.340 e. The Kier molecular flexibility index (Phi) is 5.83. The maximum absolute atomic E-state index is 13.5. The molecule has 0 bridgehead atoms. The summed E-state index contributed by atoms with van der Waals surface area (Å²) in [6.45, 7) is 2.68. The van der Waals surface area contributed by atoms with Gasteiger partial charge in [0.05, 0.1) is 27.7 Å². The van der Waals surface area contributed by atoms with Gasteiger partial charge >= 0.3 is 0 Å². The van der Waals surface area contributed by atoms with Crippen LogP contribution in [0.15, 0.2) is 83.8 Å². The van der Waals surface area contributed by atoms with Crippen LogP contribution in [0.25, 0.3) is 11.0 Å². The van der Waals surface area contributed by atoms with E-state index in [9.17, 15) is 13.2 Å². The van der Waals surface area contributed by atoms with Crippen molar-refractivity contribution in [1.29, 1.82) is 0 Å². The second kappa shape index (κ2) is 8.95. The molecule has 0 unspecified atom stereocenters. The van der Waals surface area contributed by atoms with Crippen molar-refractivity contribution in [1.82, 2.24) is 14.9 Å². The topological polar surface area (TPSA) is 86.4 Å². The number of hydrogen-bond donors (Lipinski definition) is 1. The van der Waals surface area contributed by atoms with Crippen LogP contribution in [-0.4, -0.2) is 42.3 Å². The molecule has 2 heterocycles. The van der Waals surface area contributed by atoms with Crippen molar-refractivity contribution in [2.75, 3.05) is 17.4 Å². The number of fused-ring (bicyclic) bond motifs is 1. The van der Waals surface area contributed by atoms with Crippen LogP contribution in [0.5, 0.6) is 0 Å². The van der Waals surface area contributed by atoms with E-state index in [0.717, 1.165) is 29.7 Å². The van der Waals surface area contributed by atoms with Gasteiger partial charge in [0.15, 0.2) is 0 Å². The maximum atomic E-state index is 13.5. The number of para-hydroxylation sites is 3. The fourth-order valence-electron chi connectivity index (χ4n) is 4.59. The zero-order valence-electron chi connectivity index (χ0n) is 18.9. The third kappa shape index (κ3) is 3.94. The van der Waals surface area contributed by atoms with Crippen molar-refractivity contribution in [2.24, 2.45) is 0 Å². The first-order chi connectivity index (χ1) is 16.5. The average Bonchev–Trinajstić information content (AvgIpc) is 3.52. The number of benzene rings is 3. The molecule has 0 saturated carbocycles. The number of rotatable bonds is 6. The van der Waals surface area contributed by atoms with E-state index in [1.165, 1.54) is 10.4 Å². The van der Waals surface area contributed by atoms with Crippen LogP contribution >= 0.6 is 0 Å². The van der Waals surface area contributed by atoms with Gasteiger partial charge in [0.25, 0.3) is 15.9 Å². The van der Waals surface area contributed by atoms with Crippen molar-refractivity contribution >= 4 is 32.7 Å². The molecule has 34 heavy (non-hydrogen) atoms. The lowest BCUT2D eigenvalue weighted by atomic mass is 10.1. The van der Waals surface area contributed by atoms with E-state index >= 15 is 0 Å². The number of likely N-dealkylation sites (tertiary alicyclic amines) is 1. The third-order valence-electron chi connectivity index (χ3n) is 6.24. The molecule has 1 saturated heterocycles. The minimum absolute atomic E-state index is 0.100. The molecule has 1 aliphatic rings. The molecule has 0 spiro atoms. The number of aromatic nitrogens is 2. The van der Waals surface area contributed by atoms with Gasteiger partial charge in [0, 0.05) is 18.7 Å². The average molecular weight is 475 g/mol. The van der Waals surface area contributed by atoms with E-state index in [1.807, 2.05) is 30.3 Å². The van der Waals surface area contributed by atoms with E-state index in [-0.39, 0.29) is 23.4 Å². The number of anilines is 1. The van der Waals surface area contributed by atoms with Gasteiger partial charge in [-0.15, -0.1) is 0 Å². The molecular formula is C26H26N4O3S. The highest BCUT2D eigenvalue weighted by Gasteiger charge is 2.33. The summed E-state index contributed by atoms with van der Waals surface area (Å²) in [6.07, 6.45) is 1.67. The summed E-state index contributed by atoms with van der Waals surface area (Å²) in [5, 5.41) is 0. The van der Waals surface area contributed by atoms with Gasteiger partial charge in [0.2, 0.25) is 0 Å². The van der Waals surface area contributed by atoms with Crippen molar-refractivity contribution < 1.29 is 13.2 Å². The van der Waals surface area contributed by atoms with E-state index in [1.54, 1.807) is 54.3 Å². The van der Waals surface area contributed by atoms with Gasteiger partial charge in [-0.1, -0.05) is 36.4 Å². The Morgan fingerprint density at radius 1 is 1.06 bits per heavy atom. The summed E-state index contributed by atoms with van der Waals surface area (Å²) in [5.74, 6) is 0.569. The molecule has 1 atom stereocenters. The third-order valence-corrected chi connectivity index (χ3v) is 8.14. The second-order valence-electron chi connectivity index (χ2n) is 8.33. The lowest BCUT2D eigenvalue weighted by Crippen LogP contribution is -2.32. The van der Waals surface area contributed by atoms with Gasteiger partial charge in [0.1, 0.15) is 5.82 Å². The molecule has 1 N–H and O–H groups in total. The molecule has 174 valence electrons. The van der Waals surface area contributed by atoms with Gasteiger partial charge < -0.3 is 9.88 Å². The number of carbonyl (C=O) groups is 1. The Hall–Kier alpha value is -3.65. The fourth-order valence-corrected chi connectivity index (χ4v) is 6.11. The molecular weight excluding hydrogens is 448 g/mol. The summed E-state index contributed by atoms with van der Waals surface area (Å²) in [5.41, 5.74) is 2.75. The zero-order chi connectivity index (χ0) is 23.7. The highest BCUT2D eigenvalue weighted by Crippen LogP contribution is 2.33. The maximum Gasteiger partial charge on any atom is 0.264 e. The number of nitrogens with zero attached hydrogens (tertiary/aromatic N) is 3. The summed E-state index contributed by atoms with van der Waals surface area (Å²) in [6, 6.07) is 22.9. The molecule has 5 rings (SSSR count). The first-order valence-electron chi connectivity index (χ1n) is 11.4. The fraction of sp³-hybridized carbons (Fsp3) is 0.231. The highest BCUT2D eigenvalue weighted by atomic mass is 32.2. The van der Waals surface area contributed by atoms with Gasteiger partial charge in [-0.25, -0.2) is 13.4 Å². The predicted octanol–water partition coefficient (Wildman–Crippen LogP) is 4.76. The summed E-state index contributed by atoms with van der Waals surface area (Å²) >= 11 is 0. The van der Waals surface area contributed by atoms with Crippen LogP contribution in [-0.2, 0) is 10.0 Å². The van der Waals surface area contributed by atoms with Gasteiger partial charge in [-0.3, -0.25) is 9.10 Å². The number of carbonyl (C=O) groups excluding carboxylic acids is 1. The smallest absolute Gasteiger partial charge is 0.264 e. The van der Waals surface area contributed by atoms with E-state index in [2.05, 4.69) is 4.98 Å². The van der Waals surface area contributed by atoms with E-state index in [0.29, 0.717) is 17.8 Å². The van der Waals surface area contributed by atoms with Crippen LogP contribution in [0.1, 0.15) is 42.0 Å². The van der Waals surface area contributed by atoms with Crippen LogP contribution in [0, 0.1) is 0 Å². The minimum Gasteiger partial charge on any atom is -0.340 e. The summed E-state index contributed by atoms with van der Waals surface area (Å²) < 4.78 is 28.2. The molecule has 1 aliphatic heterocycles. The SMILES string of the molecule is CCN(c1ccccc1)S(=O)(=O)c1cccc(C(=O)N2CCC[C@@H]2c2nc3ccccc3[nH]2)c1. The minimum atomic E-state index is -3.82. The van der Waals surface area contributed by atoms with Crippen molar-refractivity contribution in [3.05, 3.63) is 90.3 Å². The molecule has 0 radical (unpaired) electrons. The van der Waals surface area contributed by atoms with Crippen LogP contribution in [0.3, 0.4) is 0 Å².